The molecular weight excluding hydrogens is 333 g/mol. The lowest BCUT2D eigenvalue weighted by Crippen LogP contribution is -2.42. The molecule has 3 rings (SSSR count). The number of aromatic nitrogens is 2. The Morgan fingerprint density at radius 1 is 1.31 bits per heavy atom. The Bertz CT molecular complexity index is 814. The fraction of sp³-hybridized carbons (Fsp3) is 0.474. The highest BCUT2D eigenvalue weighted by Gasteiger charge is 2.20. The van der Waals surface area contributed by atoms with E-state index < -0.39 is 5.69 Å². The van der Waals surface area contributed by atoms with E-state index in [-0.39, 0.29) is 17.7 Å². The van der Waals surface area contributed by atoms with E-state index in [9.17, 15) is 9.18 Å². The van der Waals surface area contributed by atoms with E-state index in [1.165, 1.54) is 22.9 Å². The molecule has 6 nitrogen and oxygen atoms in total. The Morgan fingerprint density at radius 3 is 2.69 bits per heavy atom. The summed E-state index contributed by atoms with van der Waals surface area (Å²) in [5.41, 5.74) is 12.0. The molecule has 1 aliphatic carbocycles. The van der Waals surface area contributed by atoms with Crippen molar-refractivity contribution < 1.29 is 4.39 Å². The minimum Gasteiger partial charge on any atom is -0.383 e. The molecule has 1 aliphatic rings. The number of anilines is 1. The van der Waals surface area contributed by atoms with Crippen molar-refractivity contribution in [3.63, 3.8) is 0 Å². The maximum Gasteiger partial charge on any atom is 0.354 e. The van der Waals surface area contributed by atoms with Crippen molar-refractivity contribution in [2.45, 2.75) is 57.2 Å². The van der Waals surface area contributed by atoms with E-state index in [2.05, 4.69) is 17.2 Å². The van der Waals surface area contributed by atoms with Crippen LogP contribution in [0.15, 0.2) is 35.3 Å². The molecule has 1 fully saturated rings. The molecule has 0 saturated heterocycles. The summed E-state index contributed by atoms with van der Waals surface area (Å²) >= 11 is 0. The summed E-state index contributed by atoms with van der Waals surface area (Å²) < 4.78 is 15.8. The second kappa shape index (κ2) is 7.97. The highest BCUT2D eigenvalue weighted by atomic mass is 19.1. The first-order valence-electron chi connectivity index (χ1n) is 9.08. The van der Waals surface area contributed by atoms with Crippen LogP contribution < -0.4 is 22.5 Å². The van der Waals surface area contributed by atoms with Gasteiger partial charge in [0, 0.05) is 24.3 Å². The van der Waals surface area contributed by atoms with Gasteiger partial charge in [0.15, 0.2) is 0 Å². The van der Waals surface area contributed by atoms with Gasteiger partial charge < -0.3 is 16.8 Å². The van der Waals surface area contributed by atoms with E-state index >= 15 is 0 Å². The molecule has 140 valence electrons. The number of nitrogens with zero attached hydrogens (tertiary/aromatic N) is 2. The molecule has 1 atom stereocenters. The third-order valence-corrected chi connectivity index (χ3v) is 4.96. The van der Waals surface area contributed by atoms with Crippen molar-refractivity contribution in [2.75, 3.05) is 5.73 Å². The first kappa shape index (κ1) is 18.5. The maximum absolute atomic E-state index is 14.5. The molecule has 0 aliphatic heterocycles. The molecule has 1 aromatic heterocycles. The van der Waals surface area contributed by atoms with Crippen LogP contribution in [0.4, 0.5) is 10.2 Å². The molecule has 2 aromatic rings. The van der Waals surface area contributed by atoms with Gasteiger partial charge in [0.25, 0.3) is 0 Å². The quantitative estimate of drug-likeness (QED) is 0.755. The van der Waals surface area contributed by atoms with Crippen LogP contribution in [0.3, 0.4) is 0 Å². The zero-order valence-corrected chi connectivity index (χ0v) is 15.0. The average Bonchev–Trinajstić information content (AvgIpc) is 2.59. The van der Waals surface area contributed by atoms with Crippen LogP contribution in [0.5, 0.6) is 0 Å². The third-order valence-electron chi connectivity index (χ3n) is 4.96. The molecule has 1 heterocycles. The van der Waals surface area contributed by atoms with Crippen LogP contribution >= 0.6 is 0 Å². The second-order valence-corrected chi connectivity index (χ2v) is 7.16. The van der Waals surface area contributed by atoms with Gasteiger partial charge in [0.1, 0.15) is 11.6 Å². The minimum atomic E-state index is -0.525. The standard InChI is InChI=1S/C19H26FN5O/c1-12(23-15-5-3-14(21)4-6-15)10-13-2-7-16(11-17(13)20)25-9-8-18(22)24-19(25)26/h2,7-9,11-12,14-15,23H,3-6,10,21H2,1H3,(H2,22,24,26). The largest absolute Gasteiger partial charge is 0.383 e. The first-order valence-corrected chi connectivity index (χ1v) is 9.08. The Kier molecular flexibility index (Phi) is 5.68. The molecule has 0 spiro atoms. The normalized spacial score (nSPS) is 21.5. The highest BCUT2D eigenvalue weighted by molar-refractivity contribution is 5.37. The van der Waals surface area contributed by atoms with Gasteiger partial charge >= 0.3 is 5.69 Å². The van der Waals surface area contributed by atoms with Crippen molar-refractivity contribution in [3.05, 3.63) is 52.3 Å². The van der Waals surface area contributed by atoms with Gasteiger partial charge in [0.2, 0.25) is 0 Å². The van der Waals surface area contributed by atoms with Gasteiger partial charge in [-0.25, -0.2) is 9.18 Å². The SMILES string of the molecule is CC(Cc1ccc(-n2ccc(N)nc2=O)cc1F)NC1CCC(N)CC1. The predicted octanol–water partition coefficient (Wildman–Crippen LogP) is 1.74. The number of nitrogens with one attached hydrogen (secondary N) is 1. The Morgan fingerprint density at radius 2 is 2.04 bits per heavy atom. The van der Waals surface area contributed by atoms with Gasteiger partial charge in [0.05, 0.1) is 5.69 Å². The summed E-state index contributed by atoms with van der Waals surface area (Å²) in [5.74, 6) is -0.183. The number of hydrogen-bond acceptors (Lipinski definition) is 5. The monoisotopic (exact) mass is 359 g/mol. The van der Waals surface area contributed by atoms with Crippen molar-refractivity contribution in [1.29, 1.82) is 0 Å². The predicted molar refractivity (Wildman–Crippen MR) is 101 cm³/mol. The Labute approximate surface area is 152 Å². The van der Waals surface area contributed by atoms with Crippen LogP contribution in [-0.2, 0) is 6.42 Å². The van der Waals surface area contributed by atoms with E-state index in [1.807, 2.05) is 0 Å². The Hall–Kier alpha value is -2.25. The third kappa shape index (κ3) is 4.47. The average molecular weight is 359 g/mol. The molecule has 26 heavy (non-hydrogen) atoms. The number of rotatable bonds is 5. The minimum absolute atomic E-state index is 0.145. The summed E-state index contributed by atoms with van der Waals surface area (Å²) in [4.78, 5) is 15.6. The van der Waals surface area contributed by atoms with Gasteiger partial charge in [-0.3, -0.25) is 4.57 Å². The van der Waals surface area contributed by atoms with Gasteiger partial charge in [-0.2, -0.15) is 4.98 Å². The Balaban J connectivity index is 1.66. The smallest absolute Gasteiger partial charge is 0.354 e. The van der Waals surface area contributed by atoms with Crippen molar-refractivity contribution in [3.8, 4) is 5.69 Å². The lowest BCUT2D eigenvalue weighted by molar-refractivity contribution is 0.318. The summed E-state index contributed by atoms with van der Waals surface area (Å²) in [6, 6.07) is 7.25. The van der Waals surface area contributed by atoms with E-state index in [4.69, 9.17) is 11.5 Å². The van der Waals surface area contributed by atoms with Crippen LogP contribution in [0.2, 0.25) is 0 Å². The number of halogens is 1. The van der Waals surface area contributed by atoms with Gasteiger partial charge in [-0.15, -0.1) is 0 Å². The molecule has 1 saturated carbocycles. The molecule has 0 amide bonds. The van der Waals surface area contributed by atoms with Gasteiger partial charge in [-0.1, -0.05) is 6.07 Å². The van der Waals surface area contributed by atoms with Crippen molar-refractivity contribution in [1.82, 2.24) is 14.9 Å². The molecule has 7 heteroatoms. The van der Waals surface area contributed by atoms with Crippen LogP contribution in [0, 0.1) is 5.82 Å². The second-order valence-electron chi connectivity index (χ2n) is 7.16. The number of nitrogen functional groups attached to an aromatic ring is 1. The summed E-state index contributed by atoms with van der Waals surface area (Å²) in [6.45, 7) is 2.07. The fourth-order valence-corrected chi connectivity index (χ4v) is 3.54. The molecule has 1 aromatic carbocycles. The van der Waals surface area contributed by atoms with Crippen LogP contribution in [0.25, 0.3) is 5.69 Å². The number of benzene rings is 1. The molecule has 5 N–H and O–H groups in total. The highest BCUT2D eigenvalue weighted by Crippen LogP contribution is 2.19. The topological polar surface area (TPSA) is 99.0 Å². The molecule has 1 unspecified atom stereocenters. The summed E-state index contributed by atoms with van der Waals surface area (Å²) in [7, 11) is 0. The van der Waals surface area contributed by atoms with Crippen molar-refractivity contribution >= 4 is 5.82 Å². The summed E-state index contributed by atoms with van der Waals surface area (Å²) in [5, 5.41) is 3.58. The van der Waals surface area contributed by atoms with Gasteiger partial charge in [-0.05, 0) is 62.8 Å². The lowest BCUT2D eigenvalue weighted by Gasteiger charge is -2.29. The first-order chi connectivity index (χ1) is 12.4. The van der Waals surface area contributed by atoms with Crippen LogP contribution in [0.1, 0.15) is 38.2 Å². The summed E-state index contributed by atoms with van der Waals surface area (Å²) in [6.07, 6.45) is 6.30. The van der Waals surface area contributed by atoms with Crippen molar-refractivity contribution in [2.24, 2.45) is 5.73 Å². The number of hydrogen-bond donors (Lipinski definition) is 3. The lowest BCUT2D eigenvalue weighted by atomic mass is 9.91. The fourth-order valence-electron chi connectivity index (χ4n) is 3.54. The number of nitrogens with two attached hydrogens (primary N) is 2. The van der Waals surface area contributed by atoms with E-state index in [1.54, 1.807) is 12.1 Å². The molecule has 0 bridgehead atoms. The van der Waals surface area contributed by atoms with E-state index in [0.29, 0.717) is 29.8 Å². The van der Waals surface area contributed by atoms with E-state index in [0.717, 1.165) is 25.7 Å². The molecular formula is C19H26FN5O. The zero-order valence-electron chi connectivity index (χ0n) is 15.0. The maximum atomic E-state index is 14.5. The zero-order chi connectivity index (χ0) is 18.7. The molecule has 0 radical (unpaired) electrons. The van der Waals surface area contributed by atoms with Crippen LogP contribution in [-0.4, -0.2) is 27.7 Å².